The summed E-state index contributed by atoms with van der Waals surface area (Å²) in [6.45, 7) is -0.558. The van der Waals surface area contributed by atoms with E-state index < -0.39 is 22.4 Å². The highest BCUT2D eigenvalue weighted by Crippen LogP contribution is 2.21. The highest BCUT2D eigenvalue weighted by Gasteiger charge is 2.16. The van der Waals surface area contributed by atoms with E-state index in [2.05, 4.69) is 4.72 Å². The first-order valence-electron chi connectivity index (χ1n) is 6.02. The first-order valence-corrected chi connectivity index (χ1v) is 8.73. The molecule has 0 amide bonds. The highest BCUT2D eigenvalue weighted by atomic mass is 32.2. The number of aliphatic hydroxyl groups is 1. The Balaban J connectivity index is 2.29. The Kier molecular flexibility index (Phi) is 4.87. The van der Waals surface area contributed by atoms with Crippen LogP contribution < -0.4 is 4.72 Å². The molecule has 21 heavy (non-hydrogen) atoms. The van der Waals surface area contributed by atoms with Crippen LogP contribution in [0.1, 0.15) is 5.56 Å². The standard InChI is InChI=1S/C14H14FNO3S2/c1-20-12-4-2-11(3-5-12)16-21(18,19)13-6-7-14(15)10(8-13)9-17/h2-8,16-17H,9H2,1H3. The second-order valence-corrected chi connectivity index (χ2v) is 6.81. The molecule has 0 radical (unpaired) electrons. The molecular weight excluding hydrogens is 313 g/mol. The molecule has 0 aliphatic rings. The summed E-state index contributed by atoms with van der Waals surface area (Å²) in [6.07, 6.45) is 1.92. The predicted octanol–water partition coefficient (Wildman–Crippen LogP) is 2.84. The first kappa shape index (κ1) is 15.8. The average molecular weight is 327 g/mol. The van der Waals surface area contributed by atoms with Crippen LogP contribution in [0.4, 0.5) is 10.1 Å². The van der Waals surface area contributed by atoms with Crippen LogP contribution in [0.2, 0.25) is 0 Å². The molecular formula is C14H14FNO3S2. The molecule has 0 atom stereocenters. The maximum absolute atomic E-state index is 13.3. The lowest BCUT2D eigenvalue weighted by Crippen LogP contribution is -2.13. The Morgan fingerprint density at radius 2 is 1.86 bits per heavy atom. The van der Waals surface area contributed by atoms with Crippen molar-refractivity contribution in [3.8, 4) is 0 Å². The lowest BCUT2D eigenvalue weighted by atomic mass is 10.2. The lowest BCUT2D eigenvalue weighted by molar-refractivity contribution is 0.275. The number of anilines is 1. The maximum Gasteiger partial charge on any atom is 0.261 e. The number of rotatable bonds is 5. The average Bonchev–Trinajstić information content (AvgIpc) is 2.48. The van der Waals surface area contributed by atoms with Gasteiger partial charge in [0.25, 0.3) is 10.0 Å². The number of thioether (sulfide) groups is 1. The number of hydrogen-bond acceptors (Lipinski definition) is 4. The molecule has 0 spiro atoms. The van der Waals surface area contributed by atoms with E-state index in [0.29, 0.717) is 5.69 Å². The van der Waals surface area contributed by atoms with E-state index in [1.807, 2.05) is 6.26 Å². The molecule has 4 nitrogen and oxygen atoms in total. The number of halogens is 1. The summed E-state index contributed by atoms with van der Waals surface area (Å²) in [7, 11) is -3.82. The quantitative estimate of drug-likeness (QED) is 0.829. The van der Waals surface area contributed by atoms with Gasteiger partial charge in [-0.05, 0) is 48.7 Å². The molecule has 0 unspecified atom stereocenters. The van der Waals surface area contributed by atoms with Crippen LogP contribution in [0, 0.1) is 5.82 Å². The largest absolute Gasteiger partial charge is 0.392 e. The van der Waals surface area contributed by atoms with Crippen molar-refractivity contribution < 1.29 is 17.9 Å². The number of nitrogens with one attached hydrogen (secondary N) is 1. The molecule has 2 aromatic rings. The molecule has 2 rings (SSSR count). The summed E-state index contributed by atoms with van der Waals surface area (Å²) in [6, 6.07) is 10.2. The Morgan fingerprint density at radius 3 is 2.43 bits per heavy atom. The van der Waals surface area contributed by atoms with Gasteiger partial charge in [-0.1, -0.05) is 0 Å². The molecule has 0 bridgehead atoms. The van der Waals surface area contributed by atoms with E-state index in [1.165, 1.54) is 0 Å². The van der Waals surface area contributed by atoms with Crippen molar-refractivity contribution in [1.29, 1.82) is 0 Å². The van der Waals surface area contributed by atoms with E-state index in [1.54, 1.807) is 36.0 Å². The third kappa shape index (κ3) is 3.75. The fraction of sp³-hybridized carbons (Fsp3) is 0.143. The summed E-state index contributed by atoms with van der Waals surface area (Å²) >= 11 is 1.55. The van der Waals surface area contributed by atoms with Crippen LogP contribution in [-0.2, 0) is 16.6 Å². The first-order chi connectivity index (χ1) is 9.96. The van der Waals surface area contributed by atoms with Gasteiger partial charge in [-0.3, -0.25) is 4.72 Å². The maximum atomic E-state index is 13.3. The van der Waals surface area contributed by atoms with Gasteiger partial charge in [0.05, 0.1) is 11.5 Å². The van der Waals surface area contributed by atoms with Crippen LogP contribution in [0.15, 0.2) is 52.3 Å². The molecule has 0 saturated carbocycles. The van der Waals surface area contributed by atoms with Crippen molar-refractivity contribution in [3.05, 3.63) is 53.8 Å². The molecule has 112 valence electrons. The summed E-state index contributed by atoms with van der Waals surface area (Å²) in [5, 5.41) is 9.00. The van der Waals surface area contributed by atoms with Crippen LogP contribution in [0.25, 0.3) is 0 Å². The van der Waals surface area contributed by atoms with Gasteiger partial charge in [-0.15, -0.1) is 11.8 Å². The molecule has 0 aromatic heterocycles. The topological polar surface area (TPSA) is 66.4 Å². The third-order valence-corrected chi connectivity index (χ3v) is 4.96. The Hall–Kier alpha value is -1.57. The minimum Gasteiger partial charge on any atom is -0.392 e. The van der Waals surface area contributed by atoms with E-state index >= 15 is 0 Å². The van der Waals surface area contributed by atoms with Gasteiger partial charge in [-0.2, -0.15) is 0 Å². The SMILES string of the molecule is CSc1ccc(NS(=O)(=O)c2ccc(F)c(CO)c2)cc1. The van der Waals surface area contributed by atoms with Crippen molar-refractivity contribution in [2.45, 2.75) is 16.4 Å². The second-order valence-electron chi connectivity index (χ2n) is 4.25. The van der Waals surface area contributed by atoms with Crippen LogP contribution in [0.5, 0.6) is 0 Å². The van der Waals surface area contributed by atoms with Gasteiger partial charge in [0.15, 0.2) is 0 Å². The van der Waals surface area contributed by atoms with Crippen LogP contribution in [-0.4, -0.2) is 19.8 Å². The number of aliphatic hydroxyl groups excluding tert-OH is 1. The van der Waals surface area contributed by atoms with E-state index in [4.69, 9.17) is 5.11 Å². The molecule has 0 aliphatic carbocycles. The second kappa shape index (κ2) is 6.46. The Labute approximate surface area is 127 Å². The zero-order chi connectivity index (χ0) is 15.5. The van der Waals surface area contributed by atoms with Crippen molar-refractivity contribution in [1.82, 2.24) is 0 Å². The van der Waals surface area contributed by atoms with E-state index in [0.717, 1.165) is 23.1 Å². The van der Waals surface area contributed by atoms with Gasteiger partial charge in [0, 0.05) is 16.1 Å². The van der Waals surface area contributed by atoms with Gasteiger partial charge < -0.3 is 5.11 Å². The predicted molar refractivity (Wildman–Crippen MR) is 81.4 cm³/mol. The fourth-order valence-electron chi connectivity index (χ4n) is 1.71. The summed E-state index contributed by atoms with van der Waals surface area (Å²) in [4.78, 5) is 0.921. The molecule has 2 N–H and O–H groups in total. The van der Waals surface area contributed by atoms with E-state index in [-0.39, 0.29) is 10.5 Å². The normalized spacial score (nSPS) is 11.4. The minimum absolute atomic E-state index is 0.0596. The van der Waals surface area contributed by atoms with Crippen LogP contribution >= 0.6 is 11.8 Å². The van der Waals surface area contributed by atoms with Crippen LogP contribution in [0.3, 0.4) is 0 Å². The molecule has 2 aromatic carbocycles. The fourth-order valence-corrected chi connectivity index (χ4v) is 3.23. The summed E-state index contributed by atoms with van der Waals surface area (Å²) in [5.41, 5.74) is 0.360. The number of hydrogen-bond donors (Lipinski definition) is 2. The number of sulfonamides is 1. The summed E-state index contributed by atoms with van der Waals surface area (Å²) in [5.74, 6) is -0.638. The molecule has 0 saturated heterocycles. The zero-order valence-corrected chi connectivity index (χ0v) is 12.8. The van der Waals surface area contributed by atoms with Crippen molar-refractivity contribution >= 4 is 27.5 Å². The molecule has 0 fully saturated rings. The Bertz CT molecular complexity index is 730. The van der Waals surface area contributed by atoms with E-state index in [9.17, 15) is 12.8 Å². The number of benzene rings is 2. The van der Waals surface area contributed by atoms with Gasteiger partial charge >= 0.3 is 0 Å². The van der Waals surface area contributed by atoms with Crippen molar-refractivity contribution in [3.63, 3.8) is 0 Å². The van der Waals surface area contributed by atoms with Gasteiger partial charge in [0.2, 0.25) is 0 Å². The van der Waals surface area contributed by atoms with Gasteiger partial charge in [-0.25, -0.2) is 12.8 Å². The van der Waals surface area contributed by atoms with Crippen molar-refractivity contribution in [2.24, 2.45) is 0 Å². The summed E-state index contributed by atoms with van der Waals surface area (Å²) < 4.78 is 40.1. The highest BCUT2D eigenvalue weighted by molar-refractivity contribution is 7.98. The molecule has 0 aliphatic heterocycles. The minimum atomic E-state index is -3.82. The van der Waals surface area contributed by atoms with Gasteiger partial charge in [0.1, 0.15) is 5.82 Å². The smallest absolute Gasteiger partial charge is 0.261 e. The Morgan fingerprint density at radius 1 is 1.19 bits per heavy atom. The molecule has 7 heteroatoms. The molecule has 0 heterocycles. The zero-order valence-electron chi connectivity index (χ0n) is 11.2. The monoisotopic (exact) mass is 327 g/mol. The third-order valence-electron chi connectivity index (χ3n) is 2.84. The van der Waals surface area contributed by atoms with Crippen molar-refractivity contribution in [2.75, 3.05) is 11.0 Å². The lowest BCUT2D eigenvalue weighted by Gasteiger charge is -2.10.